The van der Waals surface area contributed by atoms with Crippen molar-refractivity contribution in [1.29, 1.82) is 0 Å². The van der Waals surface area contributed by atoms with Gasteiger partial charge < -0.3 is 10.1 Å². The minimum Gasteiger partial charge on any atom is -0.380 e. The number of pyridine rings is 1. The number of hydrogen-bond donors (Lipinski definition) is 1. The Morgan fingerprint density at radius 1 is 1.28 bits per heavy atom. The third-order valence-corrected chi connectivity index (χ3v) is 2.41. The van der Waals surface area contributed by atoms with Gasteiger partial charge in [0, 0.05) is 18.9 Å². The second-order valence-corrected chi connectivity index (χ2v) is 3.80. The van der Waals surface area contributed by atoms with E-state index in [0.29, 0.717) is 18.0 Å². The molecule has 0 fully saturated rings. The first-order valence-electron chi connectivity index (χ1n) is 5.60. The lowest BCUT2D eigenvalue weighted by atomic mass is 10.1. The van der Waals surface area contributed by atoms with Gasteiger partial charge in [-0.3, -0.25) is 4.79 Å². The first-order chi connectivity index (χ1) is 8.79. The summed E-state index contributed by atoms with van der Waals surface area (Å²) in [7, 11) is 1.63. The molecule has 0 spiro atoms. The van der Waals surface area contributed by atoms with Crippen LogP contribution in [0, 0.1) is 0 Å². The van der Waals surface area contributed by atoms with Gasteiger partial charge in [-0.25, -0.2) is 4.98 Å². The molecule has 0 aliphatic heterocycles. The van der Waals surface area contributed by atoms with Crippen molar-refractivity contribution in [2.45, 2.75) is 6.61 Å². The van der Waals surface area contributed by atoms with Crippen molar-refractivity contribution in [2.75, 3.05) is 12.4 Å². The Kier molecular flexibility index (Phi) is 4.04. The minimum absolute atomic E-state index is 0.174. The molecule has 2 aromatic rings. The molecule has 0 bridgehead atoms. The summed E-state index contributed by atoms with van der Waals surface area (Å²) < 4.78 is 5.04. The Balaban J connectivity index is 2.11. The molecule has 1 heterocycles. The fourth-order valence-electron chi connectivity index (χ4n) is 1.59. The summed E-state index contributed by atoms with van der Waals surface area (Å²) in [5.41, 5.74) is 1.56. The summed E-state index contributed by atoms with van der Waals surface area (Å²) in [4.78, 5) is 16.0. The van der Waals surface area contributed by atoms with Crippen LogP contribution in [0.3, 0.4) is 0 Å². The highest BCUT2D eigenvalue weighted by Crippen LogP contribution is 2.09. The smallest absolute Gasteiger partial charge is 0.256 e. The Bertz CT molecular complexity index is 526. The van der Waals surface area contributed by atoms with Gasteiger partial charge in [0.05, 0.1) is 6.61 Å². The van der Waals surface area contributed by atoms with Gasteiger partial charge in [0.1, 0.15) is 5.82 Å². The van der Waals surface area contributed by atoms with Gasteiger partial charge >= 0.3 is 0 Å². The molecule has 0 saturated carbocycles. The van der Waals surface area contributed by atoms with Crippen molar-refractivity contribution >= 4 is 11.7 Å². The molecule has 4 nitrogen and oxygen atoms in total. The van der Waals surface area contributed by atoms with E-state index in [1.807, 2.05) is 24.3 Å². The molecule has 4 heteroatoms. The van der Waals surface area contributed by atoms with Crippen LogP contribution in [0.1, 0.15) is 15.9 Å². The maximum absolute atomic E-state index is 12.0. The number of hydrogen-bond acceptors (Lipinski definition) is 3. The molecule has 0 aliphatic carbocycles. The second-order valence-electron chi connectivity index (χ2n) is 3.80. The lowest BCUT2D eigenvalue weighted by Crippen LogP contribution is -2.13. The van der Waals surface area contributed by atoms with Crippen molar-refractivity contribution in [1.82, 2.24) is 4.98 Å². The number of carbonyl (C=O) groups excluding carboxylic acids is 1. The van der Waals surface area contributed by atoms with Crippen LogP contribution in [0.25, 0.3) is 0 Å². The van der Waals surface area contributed by atoms with Crippen molar-refractivity contribution in [2.24, 2.45) is 0 Å². The van der Waals surface area contributed by atoms with E-state index in [4.69, 9.17) is 4.74 Å². The Morgan fingerprint density at radius 3 is 2.89 bits per heavy atom. The molecular formula is C14H14N2O2. The van der Waals surface area contributed by atoms with Gasteiger partial charge in [-0.15, -0.1) is 0 Å². The van der Waals surface area contributed by atoms with Gasteiger partial charge in [-0.05, 0) is 29.8 Å². The second kappa shape index (κ2) is 5.93. The standard InChI is InChI=1S/C14H14N2O2/c1-18-10-11-5-4-6-12(9-11)14(17)16-13-7-2-3-8-15-13/h2-9H,10H2,1H3,(H,15,16,17). The predicted molar refractivity (Wildman–Crippen MR) is 69.3 cm³/mol. The van der Waals surface area contributed by atoms with Crippen LogP contribution in [-0.2, 0) is 11.3 Å². The molecule has 1 aromatic carbocycles. The van der Waals surface area contributed by atoms with E-state index in [0.717, 1.165) is 5.56 Å². The van der Waals surface area contributed by atoms with Crippen LogP contribution in [0.2, 0.25) is 0 Å². The molecule has 2 rings (SSSR count). The molecule has 1 amide bonds. The molecule has 1 aromatic heterocycles. The molecule has 0 saturated heterocycles. The summed E-state index contributed by atoms with van der Waals surface area (Å²) in [5.74, 6) is 0.367. The van der Waals surface area contributed by atoms with Gasteiger partial charge in [0.25, 0.3) is 5.91 Å². The average Bonchev–Trinajstić information content (AvgIpc) is 2.40. The predicted octanol–water partition coefficient (Wildman–Crippen LogP) is 2.48. The topological polar surface area (TPSA) is 51.2 Å². The Labute approximate surface area is 106 Å². The SMILES string of the molecule is COCc1cccc(C(=O)Nc2ccccn2)c1. The number of aromatic nitrogens is 1. The fraction of sp³-hybridized carbons (Fsp3) is 0.143. The highest BCUT2D eigenvalue weighted by Gasteiger charge is 2.06. The number of carbonyl (C=O) groups is 1. The summed E-state index contributed by atoms with van der Waals surface area (Å²) in [5, 5.41) is 2.74. The third-order valence-electron chi connectivity index (χ3n) is 2.41. The summed E-state index contributed by atoms with van der Waals surface area (Å²) in [6, 6.07) is 12.7. The lowest BCUT2D eigenvalue weighted by molar-refractivity contribution is 0.102. The van der Waals surface area contributed by atoms with Crippen molar-refractivity contribution in [3.8, 4) is 0 Å². The number of benzene rings is 1. The fourth-order valence-corrected chi connectivity index (χ4v) is 1.59. The number of amides is 1. The zero-order chi connectivity index (χ0) is 12.8. The number of methoxy groups -OCH3 is 1. The van der Waals surface area contributed by atoms with E-state index in [1.54, 1.807) is 31.5 Å². The molecule has 0 unspecified atom stereocenters. The van der Waals surface area contributed by atoms with Crippen LogP contribution >= 0.6 is 0 Å². The van der Waals surface area contributed by atoms with E-state index in [9.17, 15) is 4.79 Å². The van der Waals surface area contributed by atoms with Gasteiger partial charge in [-0.1, -0.05) is 18.2 Å². The maximum Gasteiger partial charge on any atom is 0.256 e. The minimum atomic E-state index is -0.174. The first-order valence-corrected chi connectivity index (χ1v) is 5.60. The molecule has 18 heavy (non-hydrogen) atoms. The monoisotopic (exact) mass is 242 g/mol. The first kappa shape index (κ1) is 12.3. The quantitative estimate of drug-likeness (QED) is 0.896. The van der Waals surface area contributed by atoms with Crippen LogP contribution in [0.15, 0.2) is 48.7 Å². The van der Waals surface area contributed by atoms with Crippen molar-refractivity contribution in [3.05, 3.63) is 59.8 Å². The number of rotatable bonds is 4. The summed E-state index contributed by atoms with van der Waals surface area (Å²) >= 11 is 0. The number of nitrogens with one attached hydrogen (secondary N) is 1. The van der Waals surface area contributed by atoms with Crippen molar-refractivity contribution < 1.29 is 9.53 Å². The normalized spacial score (nSPS) is 10.1. The van der Waals surface area contributed by atoms with Crippen LogP contribution in [0.4, 0.5) is 5.82 Å². The van der Waals surface area contributed by atoms with Crippen molar-refractivity contribution in [3.63, 3.8) is 0 Å². The molecule has 0 radical (unpaired) electrons. The largest absolute Gasteiger partial charge is 0.380 e. The molecule has 1 N–H and O–H groups in total. The number of ether oxygens (including phenoxy) is 1. The van der Waals surface area contributed by atoms with Crippen LogP contribution < -0.4 is 5.32 Å². The lowest BCUT2D eigenvalue weighted by Gasteiger charge is -2.05. The Hall–Kier alpha value is -2.20. The van der Waals surface area contributed by atoms with E-state index in [-0.39, 0.29) is 5.91 Å². The van der Waals surface area contributed by atoms with Gasteiger partial charge in [0.15, 0.2) is 0 Å². The van der Waals surface area contributed by atoms with E-state index < -0.39 is 0 Å². The third kappa shape index (κ3) is 3.15. The molecule has 0 aliphatic rings. The zero-order valence-corrected chi connectivity index (χ0v) is 10.1. The summed E-state index contributed by atoms with van der Waals surface area (Å²) in [6.45, 7) is 0.491. The average molecular weight is 242 g/mol. The molecule has 0 atom stereocenters. The van der Waals surface area contributed by atoms with E-state index in [2.05, 4.69) is 10.3 Å². The van der Waals surface area contributed by atoms with Crippen LogP contribution in [0.5, 0.6) is 0 Å². The van der Waals surface area contributed by atoms with E-state index in [1.165, 1.54) is 0 Å². The van der Waals surface area contributed by atoms with E-state index >= 15 is 0 Å². The highest BCUT2D eigenvalue weighted by molar-refractivity contribution is 6.03. The molecule has 92 valence electrons. The van der Waals surface area contributed by atoms with Gasteiger partial charge in [0.2, 0.25) is 0 Å². The number of anilines is 1. The Morgan fingerprint density at radius 2 is 2.17 bits per heavy atom. The van der Waals surface area contributed by atoms with Gasteiger partial charge in [-0.2, -0.15) is 0 Å². The maximum atomic E-state index is 12.0. The highest BCUT2D eigenvalue weighted by atomic mass is 16.5. The zero-order valence-electron chi connectivity index (χ0n) is 10.1. The van der Waals surface area contributed by atoms with Crippen LogP contribution in [-0.4, -0.2) is 18.0 Å². The number of nitrogens with zero attached hydrogens (tertiary/aromatic N) is 1. The molecular weight excluding hydrogens is 228 g/mol. The summed E-state index contributed by atoms with van der Waals surface area (Å²) in [6.07, 6.45) is 1.64.